The summed E-state index contributed by atoms with van der Waals surface area (Å²) in [4.78, 5) is 12.4. The van der Waals surface area contributed by atoms with Crippen LogP contribution >= 0.6 is 11.6 Å². The van der Waals surface area contributed by atoms with Gasteiger partial charge in [-0.1, -0.05) is 67.1 Å². The van der Waals surface area contributed by atoms with Crippen molar-refractivity contribution in [3.05, 3.63) is 70.7 Å². The lowest BCUT2D eigenvalue weighted by Crippen LogP contribution is -2.48. The molecule has 0 aliphatic carbocycles. The molecule has 0 aliphatic rings. The third-order valence-corrected chi connectivity index (χ3v) is 4.57. The molecule has 2 aromatic rings. The lowest BCUT2D eigenvalue weighted by Gasteiger charge is -2.31. The van der Waals surface area contributed by atoms with Crippen molar-refractivity contribution in [2.24, 2.45) is 0 Å². The summed E-state index contributed by atoms with van der Waals surface area (Å²) in [6.45, 7) is 6.01. The molecule has 0 fully saturated rings. The van der Waals surface area contributed by atoms with Gasteiger partial charge in [0.2, 0.25) is 0 Å². The number of nitrogens with one attached hydrogen (secondary N) is 2. The van der Waals surface area contributed by atoms with Crippen LogP contribution in [0.4, 0.5) is 4.79 Å². The van der Waals surface area contributed by atoms with E-state index in [1.807, 2.05) is 68.4 Å². The first-order chi connectivity index (χ1) is 11.0. The number of carbonyl (C=O) groups is 1. The standard InChI is InChI=1S/C19H23ClN2O/c1-4-19(3,15-10-6-5-7-11-15)22-18(23)21-14(2)16-12-8-9-13-17(16)20/h5-14H,4H2,1-3H3,(H2,21,22,23). The number of urea groups is 1. The van der Waals surface area contributed by atoms with Crippen molar-refractivity contribution >= 4 is 17.6 Å². The fourth-order valence-corrected chi connectivity index (χ4v) is 2.86. The Kier molecular flexibility index (Phi) is 5.67. The zero-order valence-electron chi connectivity index (χ0n) is 13.8. The Balaban J connectivity index is 2.07. The minimum Gasteiger partial charge on any atom is -0.332 e. The fraction of sp³-hybridized carbons (Fsp3) is 0.316. The molecule has 2 aromatic carbocycles. The summed E-state index contributed by atoms with van der Waals surface area (Å²) >= 11 is 6.19. The molecule has 0 bridgehead atoms. The average Bonchev–Trinajstić information content (AvgIpc) is 2.55. The monoisotopic (exact) mass is 330 g/mol. The van der Waals surface area contributed by atoms with Crippen LogP contribution in [0.15, 0.2) is 54.6 Å². The van der Waals surface area contributed by atoms with Gasteiger partial charge < -0.3 is 10.6 Å². The highest BCUT2D eigenvalue weighted by Gasteiger charge is 2.27. The van der Waals surface area contributed by atoms with Crippen molar-refractivity contribution in [1.82, 2.24) is 10.6 Å². The Morgan fingerprint density at radius 2 is 1.74 bits per heavy atom. The van der Waals surface area contributed by atoms with Crippen LogP contribution in [-0.2, 0) is 5.54 Å². The second-order valence-corrected chi connectivity index (χ2v) is 6.30. The molecule has 2 atom stereocenters. The van der Waals surface area contributed by atoms with Crippen LogP contribution in [0.5, 0.6) is 0 Å². The molecule has 4 heteroatoms. The minimum absolute atomic E-state index is 0.166. The van der Waals surface area contributed by atoms with E-state index in [1.165, 1.54) is 0 Å². The maximum atomic E-state index is 12.4. The normalized spacial score (nSPS) is 14.6. The summed E-state index contributed by atoms with van der Waals surface area (Å²) in [7, 11) is 0. The van der Waals surface area contributed by atoms with Crippen molar-refractivity contribution in [3.63, 3.8) is 0 Å². The summed E-state index contributed by atoms with van der Waals surface area (Å²) in [6, 6.07) is 17.2. The van der Waals surface area contributed by atoms with Crippen molar-refractivity contribution in [2.45, 2.75) is 38.8 Å². The third kappa shape index (κ3) is 4.26. The smallest absolute Gasteiger partial charge is 0.315 e. The molecule has 2 rings (SSSR count). The molecule has 0 heterocycles. The first-order valence-corrected chi connectivity index (χ1v) is 8.22. The van der Waals surface area contributed by atoms with E-state index in [9.17, 15) is 4.79 Å². The van der Waals surface area contributed by atoms with E-state index in [-0.39, 0.29) is 12.1 Å². The van der Waals surface area contributed by atoms with Gasteiger partial charge in [0.1, 0.15) is 0 Å². The number of hydrogen-bond donors (Lipinski definition) is 2. The summed E-state index contributed by atoms with van der Waals surface area (Å²) in [5.74, 6) is 0. The number of rotatable bonds is 5. The van der Waals surface area contributed by atoms with Gasteiger partial charge in [-0.3, -0.25) is 0 Å². The van der Waals surface area contributed by atoms with Gasteiger partial charge >= 0.3 is 6.03 Å². The van der Waals surface area contributed by atoms with Crippen LogP contribution in [0.3, 0.4) is 0 Å². The van der Waals surface area contributed by atoms with Gasteiger partial charge in [0.05, 0.1) is 11.6 Å². The Hall–Kier alpha value is -2.00. The first kappa shape index (κ1) is 17.4. The average molecular weight is 331 g/mol. The van der Waals surface area contributed by atoms with Crippen LogP contribution in [0.1, 0.15) is 44.4 Å². The molecular formula is C19H23ClN2O. The second-order valence-electron chi connectivity index (χ2n) is 5.89. The number of hydrogen-bond acceptors (Lipinski definition) is 1. The maximum absolute atomic E-state index is 12.4. The van der Waals surface area contributed by atoms with Crippen molar-refractivity contribution in [2.75, 3.05) is 0 Å². The van der Waals surface area contributed by atoms with E-state index in [0.717, 1.165) is 17.5 Å². The van der Waals surface area contributed by atoms with E-state index in [1.54, 1.807) is 0 Å². The Labute approximate surface area is 143 Å². The lowest BCUT2D eigenvalue weighted by atomic mass is 9.89. The summed E-state index contributed by atoms with van der Waals surface area (Å²) in [6.07, 6.45) is 0.797. The van der Waals surface area contributed by atoms with Gasteiger partial charge in [-0.25, -0.2) is 4.79 Å². The predicted octanol–water partition coefficient (Wildman–Crippen LogP) is 5.03. The lowest BCUT2D eigenvalue weighted by molar-refractivity contribution is 0.223. The van der Waals surface area contributed by atoms with E-state index in [2.05, 4.69) is 17.6 Å². The number of halogens is 1. The van der Waals surface area contributed by atoms with Crippen LogP contribution in [0.25, 0.3) is 0 Å². The topological polar surface area (TPSA) is 41.1 Å². The number of carbonyl (C=O) groups excluding carboxylic acids is 1. The molecule has 2 N–H and O–H groups in total. The van der Waals surface area contributed by atoms with Crippen molar-refractivity contribution in [1.29, 1.82) is 0 Å². The van der Waals surface area contributed by atoms with Crippen LogP contribution in [-0.4, -0.2) is 6.03 Å². The quantitative estimate of drug-likeness (QED) is 0.793. The summed E-state index contributed by atoms with van der Waals surface area (Å²) in [5, 5.41) is 6.70. The molecule has 3 nitrogen and oxygen atoms in total. The van der Waals surface area contributed by atoms with Gasteiger partial charge in [-0.15, -0.1) is 0 Å². The van der Waals surface area contributed by atoms with E-state index >= 15 is 0 Å². The van der Waals surface area contributed by atoms with E-state index in [0.29, 0.717) is 5.02 Å². The van der Waals surface area contributed by atoms with Gasteiger partial charge in [0, 0.05) is 5.02 Å². The molecular weight excluding hydrogens is 308 g/mol. The molecule has 2 amide bonds. The molecule has 122 valence electrons. The van der Waals surface area contributed by atoms with Crippen LogP contribution in [0.2, 0.25) is 5.02 Å². The highest BCUT2D eigenvalue weighted by Crippen LogP contribution is 2.25. The van der Waals surface area contributed by atoms with Gasteiger partial charge in [0.15, 0.2) is 0 Å². The second kappa shape index (κ2) is 7.51. The van der Waals surface area contributed by atoms with Gasteiger partial charge in [-0.2, -0.15) is 0 Å². The number of amides is 2. The molecule has 0 spiro atoms. The third-order valence-electron chi connectivity index (χ3n) is 4.23. The molecule has 2 unspecified atom stereocenters. The molecule has 0 aromatic heterocycles. The summed E-state index contributed by atoms with van der Waals surface area (Å²) < 4.78 is 0. The Morgan fingerprint density at radius 3 is 2.35 bits per heavy atom. The molecule has 0 saturated carbocycles. The first-order valence-electron chi connectivity index (χ1n) is 7.85. The van der Waals surface area contributed by atoms with Crippen molar-refractivity contribution in [3.8, 4) is 0 Å². The molecule has 23 heavy (non-hydrogen) atoms. The van der Waals surface area contributed by atoms with E-state index < -0.39 is 5.54 Å². The fourth-order valence-electron chi connectivity index (χ4n) is 2.56. The predicted molar refractivity (Wildman–Crippen MR) is 95.6 cm³/mol. The zero-order valence-corrected chi connectivity index (χ0v) is 14.5. The minimum atomic E-state index is -0.411. The largest absolute Gasteiger partial charge is 0.332 e. The number of benzene rings is 2. The van der Waals surface area contributed by atoms with Crippen LogP contribution < -0.4 is 10.6 Å². The van der Waals surface area contributed by atoms with Crippen molar-refractivity contribution < 1.29 is 4.79 Å². The van der Waals surface area contributed by atoms with Gasteiger partial charge in [0.25, 0.3) is 0 Å². The van der Waals surface area contributed by atoms with Crippen LogP contribution in [0, 0.1) is 0 Å². The Morgan fingerprint density at radius 1 is 1.13 bits per heavy atom. The van der Waals surface area contributed by atoms with E-state index in [4.69, 9.17) is 11.6 Å². The molecule has 0 radical (unpaired) electrons. The molecule has 0 aliphatic heterocycles. The molecule has 0 saturated heterocycles. The highest BCUT2D eigenvalue weighted by molar-refractivity contribution is 6.31. The summed E-state index contributed by atoms with van der Waals surface area (Å²) in [5.41, 5.74) is 1.58. The SMILES string of the molecule is CCC(C)(NC(=O)NC(C)c1ccccc1Cl)c1ccccc1. The zero-order chi connectivity index (χ0) is 16.9. The van der Waals surface area contributed by atoms with Gasteiger partial charge in [-0.05, 0) is 37.5 Å². The maximum Gasteiger partial charge on any atom is 0.315 e. The Bertz CT molecular complexity index is 659. The highest BCUT2D eigenvalue weighted by atomic mass is 35.5.